The molecule has 0 unspecified atom stereocenters. The third-order valence-corrected chi connectivity index (χ3v) is 2.37. The Bertz CT molecular complexity index is 699. The van der Waals surface area contributed by atoms with E-state index < -0.39 is 11.6 Å². The van der Waals surface area contributed by atoms with Gasteiger partial charge in [0.15, 0.2) is 0 Å². The molecule has 0 N–H and O–H groups in total. The van der Waals surface area contributed by atoms with Crippen LogP contribution in [0.15, 0.2) is 51.7 Å². The van der Waals surface area contributed by atoms with E-state index in [0.29, 0.717) is 11.3 Å². The lowest BCUT2D eigenvalue weighted by Crippen LogP contribution is -2.07. The molecule has 1 aromatic heterocycles. The van der Waals surface area contributed by atoms with Crippen molar-refractivity contribution in [2.75, 3.05) is 0 Å². The molecule has 1 aromatic carbocycles. The second-order valence-corrected chi connectivity index (χ2v) is 4.03. The molecule has 0 saturated heterocycles. The monoisotopic (exact) mass is 274 g/mol. The van der Waals surface area contributed by atoms with E-state index in [4.69, 9.17) is 9.15 Å². The summed E-state index contributed by atoms with van der Waals surface area (Å²) in [6.07, 6.45) is 2.68. The fourth-order valence-corrected chi connectivity index (χ4v) is 1.52. The maximum atomic E-state index is 12.7. The van der Waals surface area contributed by atoms with Crippen LogP contribution in [-0.4, -0.2) is 5.97 Å². The Hall–Kier alpha value is -2.69. The molecule has 0 amide bonds. The summed E-state index contributed by atoms with van der Waals surface area (Å²) in [4.78, 5) is 22.7. The molecule has 0 saturated carbocycles. The molecule has 0 radical (unpaired) electrons. The molecule has 4 nitrogen and oxygen atoms in total. The van der Waals surface area contributed by atoms with E-state index >= 15 is 0 Å². The van der Waals surface area contributed by atoms with Crippen LogP contribution in [0.3, 0.4) is 0 Å². The van der Waals surface area contributed by atoms with Crippen molar-refractivity contribution < 1.29 is 18.3 Å². The first-order chi connectivity index (χ1) is 9.52. The van der Waals surface area contributed by atoms with Gasteiger partial charge >= 0.3 is 11.6 Å². The maximum absolute atomic E-state index is 12.7. The molecule has 0 aliphatic heterocycles. The predicted octanol–water partition coefficient (Wildman–Crippen LogP) is 2.71. The van der Waals surface area contributed by atoms with Gasteiger partial charge < -0.3 is 9.15 Å². The minimum atomic E-state index is -0.640. The topological polar surface area (TPSA) is 56.5 Å². The summed E-state index contributed by atoms with van der Waals surface area (Å²) in [5, 5.41) is 0. The summed E-state index contributed by atoms with van der Waals surface area (Å²) in [6.45, 7) is 1.58. The second kappa shape index (κ2) is 5.97. The van der Waals surface area contributed by atoms with E-state index in [1.165, 1.54) is 42.5 Å². The van der Waals surface area contributed by atoms with Crippen molar-refractivity contribution in [1.82, 2.24) is 0 Å². The highest BCUT2D eigenvalue weighted by Crippen LogP contribution is 2.10. The number of benzene rings is 1. The molecule has 0 aliphatic rings. The Balaban J connectivity index is 2.05. The van der Waals surface area contributed by atoms with Crippen LogP contribution < -0.4 is 10.4 Å². The predicted molar refractivity (Wildman–Crippen MR) is 70.8 cm³/mol. The minimum Gasteiger partial charge on any atom is -0.428 e. The number of rotatable bonds is 3. The quantitative estimate of drug-likeness (QED) is 0.638. The number of hydrogen-bond acceptors (Lipinski definition) is 4. The van der Waals surface area contributed by atoms with Crippen molar-refractivity contribution in [3.05, 3.63) is 70.0 Å². The Morgan fingerprint density at radius 3 is 2.60 bits per heavy atom. The van der Waals surface area contributed by atoms with Crippen LogP contribution in [0, 0.1) is 12.7 Å². The Labute approximate surface area is 114 Å². The van der Waals surface area contributed by atoms with Crippen molar-refractivity contribution in [3.8, 4) is 5.75 Å². The number of halogens is 1. The van der Waals surface area contributed by atoms with Crippen molar-refractivity contribution in [3.63, 3.8) is 0 Å². The van der Waals surface area contributed by atoms with E-state index in [1.807, 2.05) is 0 Å². The van der Waals surface area contributed by atoms with Crippen LogP contribution in [0.1, 0.15) is 11.3 Å². The molecule has 102 valence electrons. The van der Waals surface area contributed by atoms with Gasteiger partial charge in [-0.2, -0.15) is 0 Å². The molecular formula is C15H11FO4. The van der Waals surface area contributed by atoms with E-state index in [-0.39, 0.29) is 11.6 Å². The molecule has 2 aromatic rings. The third kappa shape index (κ3) is 3.91. The standard InChI is InChI=1S/C15H11FO4/c1-10-8-13(9-15(18)19-10)20-14(17)7-4-11-2-5-12(16)6-3-11/h2-9H,1H3/b7-4+. The van der Waals surface area contributed by atoms with Gasteiger partial charge in [0, 0.05) is 12.1 Å². The van der Waals surface area contributed by atoms with Gasteiger partial charge in [-0.1, -0.05) is 12.1 Å². The largest absolute Gasteiger partial charge is 0.428 e. The minimum absolute atomic E-state index is 0.118. The van der Waals surface area contributed by atoms with Gasteiger partial charge in [0.25, 0.3) is 0 Å². The molecule has 0 aliphatic carbocycles. The molecule has 0 spiro atoms. The van der Waals surface area contributed by atoms with E-state index in [1.54, 1.807) is 6.92 Å². The average molecular weight is 274 g/mol. The van der Waals surface area contributed by atoms with E-state index in [9.17, 15) is 14.0 Å². The van der Waals surface area contributed by atoms with Gasteiger partial charge in [0.1, 0.15) is 17.3 Å². The van der Waals surface area contributed by atoms with Crippen LogP contribution in [0.5, 0.6) is 5.75 Å². The summed E-state index contributed by atoms with van der Waals surface area (Å²) in [6, 6.07) is 8.15. The van der Waals surface area contributed by atoms with Crippen molar-refractivity contribution >= 4 is 12.0 Å². The number of hydrogen-bond donors (Lipinski definition) is 0. The third-order valence-electron chi connectivity index (χ3n) is 2.37. The Morgan fingerprint density at radius 2 is 1.95 bits per heavy atom. The number of aryl methyl sites for hydroxylation is 1. The number of esters is 1. The lowest BCUT2D eigenvalue weighted by molar-refractivity contribution is -0.128. The van der Waals surface area contributed by atoms with Crippen LogP contribution >= 0.6 is 0 Å². The first kappa shape index (κ1) is 13.7. The average Bonchev–Trinajstić information content (AvgIpc) is 2.37. The summed E-state index contributed by atoms with van der Waals surface area (Å²) in [7, 11) is 0. The first-order valence-corrected chi connectivity index (χ1v) is 5.80. The lowest BCUT2D eigenvalue weighted by atomic mass is 10.2. The van der Waals surface area contributed by atoms with E-state index in [2.05, 4.69) is 0 Å². The fraction of sp³-hybridized carbons (Fsp3) is 0.0667. The summed E-state index contributed by atoms with van der Waals surface area (Å²) in [5.74, 6) is -0.522. The molecule has 0 fully saturated rings. The van der Waals surface area contributed by atoms with Gasteiger partial charge in [-0.25, -0.2) is 14.0 Å². The van der Waals surface area contributed by atoms with Gasteiger partial charge in [-0.3, -0.25) is 0 Å². The number of ether oxygens (including phenoxy) is 1. The SMILES string of the molecule is Cc1cc(OC(=O)/C=C/c2ccc(F)cc2)cc(=O)o1. The zero-order valence-corrected chi connectivity index (χ0v) is 10.6. The van der Waals surface area contributed by atoms with Gasteiger partial charge in [0.2, 0.25) is 0 Å². The summed E-state index contributed by atoms with van der Waals surface area (Å²) >= 11 is 0. The highest BCUT2D eigenvalue weighted by atomic mass is 19.1. The molecule has 2 rings (SSSR count). The van der Waals surface area contributed by atoms with E-state index in [0.717, 1.165) is 6.07 Å². The molecule has 0 bridgehead atoms. The number of carbonyl (C=O) groups excluding carboxylic acids is 1. The summed E-state index contributed by atoms with van der Waals surface area (Å²) in [5.41, 5.74) is 0.0717. The maximum Gasteiger partial charge on any atom is 0.339 e. The molecule has 5 heteroatoms. The molecular weight excluding hydrogens is 263 g/mol. The normalized spacial score (nSPS) is 10.7. The van der Waals surface area contributed by atoms with Gasteiger partial charge in [0.05, 0.1) is 6.07 Å². The molecule has 1 heterocycles. The van der Waals surface area contributed by atoms with Crippen LogP contribution in [0.4, 0.5) is 4.39 Å². The first-order valence-electron chi connectivity index (χ1n) is 5.80. The van der Waals surface area contributed by atoms with Crippen molar-refractivity contribution in [2.24, 2.45) is 0 Å². The lowest BCUT2D eigenvalue weighted by Gasteiger charge is -2.00. The van der Waals surface area contributed by atoms with Gasteiger partial charge in [-0.05, 0) is 30.7 Å². The van der Waals surface area contributed by atoms with Gasteiger partial charge in [-0.15, -0.1) is 0 Å². The highest BCUT2D eigenvalue weighted by molar-refractivity contribution is 5.88. The van der Waals surface area contributed by atoms with Crippen molar-refractivity contribution in [1.29, 1.82) is 0 Å². The van der Waals surface area contributed by atoms with Crippen LogP contribution in [-0.2, 0) is 4.79 Å². The Kier molecular flexibility index (Phi) is 4.10. The highest BCUT2D eigenvalue weighted by Gasteiger charge is 2.03. The smallest absolute Gasteiger partial charge is 0.339 e. The fourth-order valence-electron chi connectivity index (χ4n) is 1.52. The van der Waals surface area contributed by atoms with Crippen LogP contribution in [0.2, 0.25) is 0 Å². The second-order valence-electron chi connectivity index (χ2n) is 4.03. The Morgan fingerprint density at radius 1 is 1.25 bits per heavy atom. The van der Waals surface area contributed by atoms with Crippen LogP contribution in [0.25, 0.3) is 6.08 Å². The summed E-state index contributed by atoms with van der Waals surface area (Å²) < 4.78 is 22.4. The molecule has 20 heavy (non-hydrogen) atoms. The zero-order valence-electron chi connectivity index (χ0n) is 10.6. The number of carbonyl (C=O) groups is 1. The zero-order chi connectivity index (χ0) is 14.5. The molecule has 0 atom stereocenters. The van der Waals surface area contributed by atoms with Crippen molar-refractivity contribution in [2.45, 2.75) is 6.92 Å².